The summed E-state index contributed by atoms with van der Waals surface area (Å²) < 4.78 is 31.7. The Hall–Kier alpha value is -1.31. The van der Waals surface area contributed by atoms with Crippen LogP contribution in [0, 0.1) is 0 Å². The minimum Gasteiger partial charge on any atom is -0.475 e. The Balaban J connectivity index is -0.000000166. The molecule has 3 N–H and O–H groups in total. The molecule has 0 aromatic rings. The molecule has 0 aromatic carbocycles. The van der Waals surface area contributed by atoms with Crippen LogP contribution in [0.25, 0.3) is 0 Å². The number of nitrogens with zero attached hydrogens (tertiary/aromatic N) is 1. The van der Waals surface area contributed by atoms with Crippen molar-refractivity contribution in [3.8, 4) is 0 Å². The van der Waals surface area contributed by atoms with Gasteiger partial charge in [0.05, 0.1) is 0 Å². The number of aliphatic carboxylic acids is 1. The minimum absolute atomic E-state index is 0.245. The average Bonchev–Trinajstić information content (AvgIpc) is 2.02. The Morgan fingerprint density at radius 3 is 1.38 bits per heavy atom. The SMILES string of the molecule is CCC(N)=O.CN(C)C.O=C(O)C(F)(F)F. The molecule has 0 heterocycles. The summed E-state index contributed by atoms with van der Waals surface area (Å²) in [4.78, 5) is 20.5. The van der Waals surface area contributed by atoms with E-state index in [1.54, 1.807) is 6.92 Å². The molecule has 0 aliphatic carbocycles. The first-order valence-electron chi connectivity index (χ1n) is 4.14. The smallest absolute Gasteiger partial charge is 0.475 e. The fourth-order valence-electron chi connectivity index (χ4n) is 0. The molecule has 0 aliphatic rings. The van der Waals surface area contributed by atoms with E-state index in [1.807, 2.05) is 26.0 Å². The molecule has 0 bridgehead atoms. The molecule has 0 rings (SSSR count). The first-order chi connectivity index (χ1) is 6.95. The molecule has 0 unspecified atom stereocenters. The summed E-state index contributed by atoms with van der Waals surface area (Å²) in [6.07, 6.45) is -4.64. The third kappa shape index (κ3) is 38.7. The second-order valence-corrected chi connectivity index (χ2v) is 2.96. The Kier molecular flexibility index (Phi) is 12.9. The quantitative estimate of drug-likeness (QED) is 0.713. The zero-order valence-corrected chi connectivity index (χ0v) is 9.63. The van der Waals surface area contributed by atoms with Crippen molar-refractivity contribution in [1.29, 1.82) is 0 Å². The molecule has 0 spiro atoms. The monoisotopic (exact) mass is 246 g/mol. The van der Waals surface area contributed by atoms with Gasteiger partial charge in [-0.2, -0.15) is 13.2 Å². The van der Waals surface area contributed by atoms with Crippen LogP contribution in [0.3, 0.4) is 0 Å². The van der Waals surface area contributed by atoms with E-state index in [0.717, 1.165) is 0 Å². The lowest BCUT2D eigenvalue weighted by Crippen LogP contribution is -2.21. The fraction of sp³-hybridized carbons (Fsp3) is 0.750. The summed E-state index contributed by atoms with van der Waals surface area (Å²) >= 11 is 0. The molecule has 1 amide bonds. The number of carbonyl (C=O) groups excluding carboxylic acids is 1. The van der Waals surface area contributed by atoms with E-state index in [4.69, 9.17) is 9.90 Å². The van der Waals surface area contributed by atoms with Gasteiger partial charge >= 0.3 is 12.1 Å². The molecular weight excluding hydrogens is 229 g/mol. The molecular formula is C8H17F3N2O3. The van der Waals surface area contributed by atoms with E-state index < -0.39 is 12.1 Å². The molecule has 0 aromatic heterocycles. The van der Waals surface area contributed by atoms with Gasteiger partial charge in [0, 0.05) is 6.42 Å². The lowest BCUT2D eigenvalue weighted by Gasteiger charge is -1.93. The predicted molar refractivity (Wildman–Crippen MR) is 52.8 cm³/mol. The van der Waals surface area contributed by atoms with Crippen molar-refractivity contribution in [2.24, 2.45) is 5.73 Å². The second-order valence-electron chi connectivity index (χ2n) is 2.96. The molecule has 0 saturated heterocycles. The molecule has 0 aliphatic heterocycles. The first-order valence-corrected chi connectivity index (χ1v) is 4.14. The number of primary amides is 1. The molecule has 0 atom stereocenters. The van der Waals surface area contributed by atoms with Crippen LogP contribution in [-0.2, 0) is 9.59 Å². The van der Waals surface area contributed by atoms with E-state index in [9.17, 15) is 18.0 Å². The zero-order chi connectivity index (χ0) is 13.9. The van der Waals surface area contributed by atoms with E-state index in [0.29, 0.717) is 6.42 Å². The van der Waals surface area contributed by atoms with Crippen LogP contribution >= 0.6 is 0 Å². The van der Waals surface area contributed by atoms with Gasteiger partial charge in [-0.25, -0.2) is 4.79 Å². The lowest BCUT2D eigenvalue weighted by atomic mass is 10.5. The second kappa shape index (κ2) is 10.2. The van der Waals surface area contributed by atoms with Crippen LogP contribution < -0.4 is 5.73 Å². The number of amides is 1. The van der Waals surface area contributed by atoms with Crippen LogP contribution in [0.2, 0.25) is 0 Å². The van der Waals surface area contributed by atoms with Crippen LogP contribution in [0.4, 0.5) is 13.2 Å². The number of rotatable bonds is 1. The summed E-state index contributed by atoms with van der Waals surface area (Å²) in [5.74, 6) is -3.00. The van der Waals surface area contributed by atoms with E-state index >= 15 is 0 Å². The summed E-state index contributed by atoms with van der Waals surface area (Å²) in [5.41, 5.74) is 4.65. The molecule has 8 heteroatoms. The number of carboxylic acid groups (broad SMARTS) is 1. The van der Waals surface area contributed by atoms with Gasteiger partial charge in [0.1, 0.15) is 0 Å². The Labute approximate surface area is 92.0 Å². The average molecular weight is 246 g/mol. The van der Waals surface area contributed by atoms with E-state index in [-0.39, 0.29) is 5.91 Å². The Morgan fingerprint density at radius 2 is 1.38 bits per heavy atom. The van der Waals surface area contributed by atoms with Crippen molar-refractivity contribution < 1.29 is 27.9 Å². The molecule has 0 saturated carbocycles. The third-order valence-corrected chi connectivity index (χ3v) is 0.591. The van der Waals surface area contributed by atoms with Crippen LogP contribution in [0.1, 0.15) is 13.3 Å². The fourth-order valence-corrected chi connectivity index (χ4v) is 0. The number of nitrogens with two attached hydrogens (primary N) is 1. The topological polar surface area (TPSA) is 83.6 Å². The summed E-state index contributed by atoms with van der Waals surface area (Å²) in [7, 11) is 6.00. The first kappa shape index (κ1) is 20.1. The van der Waals surface area contributed by atoms with Gasteiger partial charge in [-0.15, -0.1) is 0 Å². The van der Waals surface area contributed by atoms with Crippen molar-refractivity contribution in [3.05, 3.63) is 0 Å². The highest BCUT2D eigenvalue weighted by atomic mass is 19.4. The van der Waals surface area contributed by atoms with Gasteiger partial charge in [0.25, 0.3) is 0 Å². The number of carbonyl (C=O) groups is 2. The van der Waals surface area contributed by atoms with Crippen molar-refractivity contribution in [2.75, 3.05) is 21.1 Å². The van der Waals surface area contributed by atoms with Crippen LogP contribution in [0.15, 0.2) is 0 Å². The molecule has 98 valence electrons. The Morgan fingerprint density at radius 1 is 1.25 bits per heavy atom. The largest absolute Gasteiger partial charge is 0.490 e. The number of carboxylic acids is 1. The van der Waals surface area contributed by atoms with Crippen LogP contribution in [-0.4, -0.2) is 49.2 Å². The number of alkyl halides is 3. The molecule has 16 heavy (non-hydrogen) atoms. The summed E-state index contributed by atoms with van der Waals surface area (Å²) in [5, 5.41) is 7.12. The highest BCUT2D eigenvalue weighted by Gasteiger charge is 2.38. The van der Waals surface area contributed by atoms with Gasteiger partial charge in [-0.3, -0.25) is 4.79 Å². The van der Waals surface area contributed by atoms with E-state index in [1.165, 1.54) is 0 Å². The maximum atomic E-state index is 10.6. The normalized spacial score (nSPS) is 9.50. The highest BCUT2D eigenvalue weighted by Crippen LogP contribution is 2.13. The molecule has 0 fully saturated rings. The number of hydrogen-bond acceptors (Lipinski definition) is 3. The standard InChI is InChI=1S/C3H7NO.C3H9N.C2HF3O2/c1-2-3(4)5;1-4(2)3;3-2(4,5)1(6)7/h2H2,1H3,(H2,4,5);1-3H3;(H,6,7). The van der Waals surface area contributed by atoms with Crippen molar-refractivity contribution in [1.82, 2.24) is 4.90 Å². The Bertz CT molecular complexity index is 202. The van der Waals surface area contributed by atoms with Crippen molar-refractivity contribution in [2.45, 2.75) is 19.5 Å². The number of hydrogen-bond donors (Lipinski definition) is 2. The van der Waals surface area contributed by atoms with Gasteiger partial charge in [0.2, 0.25) is 5.91 Å². The maximum Gasteiger partial charge on any atom is 0.490 e. The zero-order valence-electron chi connectivity index (χ0n) is 9.63. The maximum absolute atomic E-state index is 10.6. The number of halogens is 3. The van der Waals surface area contributed by atoms with Crippen molar-refractivity contribution in [3.63, 3.8) is 0 Å². The van der Waals surface area contributed by atoms with E-state index in [2.05, 4.69) is 5.73 Å². The molecule has 0 radical (unpaired) electrons. The van der Waals surface area contributed by atoms with Gasteiger partial charge in [-0.05, 0) is 21.1 Å². The molecule has 5 nitrogen and oxygen atoms in total. The third-order valence-electron chi connectivity index (χ3n) is 0.591. The van der Waals surface area contributed by atoms with Gasteiger partial charge in [-0.1, -0.05) is 6.92 Å². The predicted octanol–water partition coefficient (Wildman–Crippen LogP) is 0.693. The van der Waals surface area contributed by atoms with Crippen molar-refractivity contribution >= 4 is 11.9 Å². The summed E-state index contributed by atoms with van der Waals surface area (Å²) in [6, 6.07) is 0. The lowest BCUT2D eigenvalue weighted by molar-refractivity contribution is -0.192. The van der Waals surface area contributed by atoms with Gasteiger partial charge in [0.15, 0.2) is 0 Å². The summed E-state index contributed by atoms with van der Waals surface area (Å²) in [6.45, 7) is 1.72. The van der Waals surface area contributed by atoms with Gasteiger partial charge < -0.3 is 15.7 Å². The minimum atomic E-state index is -5.08. The van der Waals surface area contributed by atoms with Crippen LogP contribution in [0.5, 0.6) is 0 Å². The highest BCUT2D eigenvalue weighted by molar-refractivity contribution is 5.73.